The zero-order chi connectivity index (χ0) is 19.8. The minimum absolute atomic E-state index is 0.236. The van der Waals surface area contributed by atoms with Gasteiger partial charge in [0.05, 0.1) is 11.3 Å². The number of piperidine rings is 1. The third-order valence-electron chi connectivity index (χ3n) is 5.07. The molecule has 0 aliphatic carbocycles. The number of nitrogens with zero attached hydrogens (tertiary/aromatic N) is 3. The van der Waals surface area contributed by atoms with Crippen LogP contribution in [0.25, 0.3) is 11.3 Å². The van der Waals surface area contributed by atoms with E-state index in [4.69, 9.17) is 0 Å². The number of hydrogen-bond donors (Lipinski definition) is 2. The quantitative estimate of drug-likeness (QED) is 0.843. The predicted octanol–water partition coefficient (Wildman–Crippen LogP) is 3.99. The van der Waals surface area contributed by atoms with Crippen molar-refractivity contribution in [2.75, 3.05) is 25.5 Å². The molecule has 1 aliphatic rings. The second-order valence-electron chi connectivity index (χ2n) is 7.12. The first-order chi connectivity index (χ1) is 12.7. The highest BCUT2D eigenvalue weighted by atomic mass is 19.4. The Hall–Kier alpha value is -2.35. The number of likely N-dealkylation sites (tertiary alicyclic amines) is 1. The van der Waals surface area contributed by atoms with E-state index in [1.807, 2.05) is 13.8 Å². The minimum atomic E-state index is -4.51. The summed E-state index contributed by atoms with van der Waals surface area (Å²) in [6.45, 7) is 5.72. The summed E-state index contributed by atoms with van der Waals surface area (Å²) in [5.74, 6) is 0.208. The number of rotatable bonds is 3. The summed E-state index contributed by atoms with van der Waals surface area (Å²) in [6, 6.07) is 3.17. The fraction of sp³-hybridized carbons (Fsp3) is 0.474. The highest BCUT2D eigenvalue weighted by Gasteiger charge is 2.31. The highest BCUT2D eigenvalue weighted by Crippen LogP contribution is 2.37. The Labute approximate surface area is 156 Å². The molecule has 2 aromatic rings. The maximum Gasteiger partial charge on any atom is 0.416 e. The molecular weight excluding hydrogens is 357 g/mol. The molecule has 0 radical (unpaired) electrons. The number of nitrogens with one attached hydrogen (secondary N) is 1. The predicted molar refractivity (Wildman–Crippen MR) is 97.8 cm³/mol. The van der Waals surface area contributed by atoms with E-state index in [1.54, 1.807) is 0 Å². The van der Waals surface area contributed by atoms with Gasteiger partial charge in [-0.25, -0.2) is 0 Å². The molecule has 0 bridgehead atoms. The number of phenolic OH excluding ortho intramolecular Hbond substituents is 1. The molecule has 1 aliphatic heterocycles. The number of aromatic hydroxyl groups is 1. The zero-order valence-electron chi connectivity index (χ0n) is 15.6. The summed E-state index contributed by atoms with van der Waals surface area (Å²) in [5.41, 5.74) is 1.36. The number of benzene rings is 1. The van der Waals surface area contributed by atoms with Crippen molar-refractivity contribution in [2.45, 2.75) is 38.9 Å². The third kappa shape index (κ3) is 4.16. The van der Waals surface area contributed by atoms with Gasteiger partial charge in [-0.1, -0.05) is 0 Å². The van der Waals surface area contributed by atoms with Gasteiger partial charge in [0.1, 0.15) is 5.75 Å². The summed E-state index contributed by atoms with van der Waals surface area (Å²) in [4.78, 5) is 2.26. The average molecular weight is 380 g/mol. The van der Waals surface area contributed by atoms with E-state index < -0.39 is 17.5 Å². The SMILES string of the molecule is Cc1c(N[C@@H]2CCCN(C)C2)nnc(-c2ccc(C(F)(F)F)cc2O)c1C. The average Bonchev–Trinajstić information content (AvgIpc) is 2.59. The molecule has 1 fully saturated rings. The molecule has 146 valence electrons. The van der Waals surface area contributed by atoms with E-state index in [1.165, 1.54) is 6.07 Å². The van der Waals surface area contributed by atoms with E-state index in [0.29, 0.717) is 11.5 Å². The lowest BCUT2D eigenvalue weighted by Gasteiger charge is -2.31. The maximum atomic E-state index is 12.8. The van der Waals surface area contributed by atoms with Crippen LogP contribution in [-0.4, -0.2) is 46.4 Å². The first-order valence-corrected chi connectivity index (χ1v) is 8.86. The topological polar surface area (TPSA) is 61.3 Å². The van der Waals surface area contributed by atoms with Crippen molar-refractivity contribution in [1.29, 1.82) is 0 Å². The summed E-state index contributed by atoms with van der Waals surface area (Å²) in [5, 5.41) is 21.9. The van der Waals surface area contributed by atoms with Crippen molar-refractivity contribution in [2.24, 2.45) is 0 Å². The Morgan fingerprint density at radius 3 is 2.56 bits per heavy atom. The molecule has 0 saturated carbocycles. The second kappa shape index (κ2) is 7.34. The van der Waals surface area contributed by atoms with Gasteiger partial charge in [-0.05, 0) is 69.6 Å². The van der Waals surface area contributed by atoms with Crippen molar-refractivity contribution in [3.8, 4) is 17.0 Å². The molecule has 27 heavy (non-hydrogen) atoms. The lowest BCUT2D eigenvalue weighted by atomic mass is 10.0. The first-order valence-electron chi connectivity index (χ1n) is 8.86. The number of alkyl halides is 3. The molecule has 5 nitrogen and oxygen atoms in total. The van der Waals surface area contributed by atoms with Gasteiger partial charge in [-0.15, -0.1) is 10.2 Å². The molecule has 2 heterocycles. The minimum Gasteiger partial charge on any atom is -0.507 e. The van der Waals surface area contributed by atoms with Crippen molar-refractivity contribution in [1.82, 2.24) is 15.1 Å². The van der Waals surface area contributed by atoms with Crippen molar-refractivity contribution >= 4 is 5.82 Å². The van der Waals surface area contributed by atoms with Gasteiger partial charge in [-0.3, -0.25) is 0 Å². The molecule has 0 amide bonds. The van der Waals surface area contributed by atoms with Crippen LogP contribution in [0.5, 0.6) is 5.75 Å². The lowest BCUT2D eigenvalue weighted by Crippen LogP contribution is -2.40. The molecule has 1 saturated heterocycles. The Bertz CT molecular complexity index is 838. The molecule has 1 aromatic carbocycles. The van der Waals surface area contributed by atoms with Gasteiger partial charge < -0.3 is 15.3 Å². The van der Waals surface area contributed by atoms with Crippen molar-refractivity contribution in [3.05, 3.63) is 34.9 Å². The second-order valence-corrected chi connectivity index (χ2v) is 7.12. The normalized spacial score (nSPS) is 18.5. The Kier molecular flexibility index (Phi) is 5.28. The molecule has 2 N–H and O–H groups in total. The van der Waals surface area contributed by atoms with E-state index in [0.717, 1.165) is 49.2 Å². The Balaban J connectivity index is 1.89. The maximum absolute atomic E-state index is 12.8. The van der Waals surface area contributed by atoms with Crippen LogP contribution >= 0.6 is 0 Å². The zero-order valence-corrected chi connectivity index (χ0v) is 15.6. The van der Waals surface area contributed by atoms with E-state index >= 15 is 0 Å². The Morgan fingerprint density at radius 2 is 1.93 bits per heavy atom. The number of phenols is 1. The monoisotopic (exact) mass is 380 g/mol. The number of likely N-dealkylation sites (N-methyl/N-ethyl adjacent to an activating group) is 1. The summed E-state index contributed by atoms with van der Waals surface area (Å²) in [7, 11) is 2.08. The smallest absolute Gasteiger partial charge is 0.416 e. The van der Waals surface area contributed by atoms with Crippen molar-refractivity contribution < 1.29 is 18.3 Å². The number of aromatic nitrogens is 2. The van der Waals surface area contributed by atoms with Gasteiger partial charge in [0, 0.05) is 18.2 Å². The molecule has 3 rings (SSSR count). The highest BCUT2D eigenvalue weighted by molar-refractivity contribution is 5.72. The number of anilines is 1. The van der Waals surface area contributed by atoms with E-state index in [-0.39, 0.29) is 11.6 Å². The van der Waals surface area contributed by atoms with Gasteiger partial charge in [0.15, 0.2) is 5.82 Å². The fourth-order valence-corrected chi connectivity index (χ4v) is 3.38. The van der Waals surface area contributed by atoms with E-state index in [2.05, 4.69) is 27.5 Å². The van der Waals surface area contributed by atoms with Crippen LogP contribution in [0.1, 0.15) is 29.5 Å². The molecule has 1 aromatic heterocycles. The van der Waals surface area contributed by atoms with Crippen LogP contribution in [0.2, 0.25) is 0 Å². The largest absolute Gasteiger partial charge is 0.507 e. The summed E-state index contributed by atoms with van der Waals surface area (Å²) < 4.78 is 38.4. The molecule has 1 atom stereocenters. The van der Waals surface area contributed by atoms with Crippen LogP contribution in [0.3, 0.4) is 0 Å². The molecule has 8 heteroatoms. The van der Waals surface area contributed by atoms with Crippen LogP contribution in [0, 0.1) is 13.8 Å². The third-order valence-corrected chi connectivity index (χ3v) is 5.07. The van der Waals surface area contributed by atoms with Crippen LogP contribution in [-0.2, 0) is 6.18 Å². The van der Waals surface area contributed by atoms with Crippen molar-refractivity contribution in [3.63, 3.8) is 0 Å². The van der Waals surface area contributed by atoms with Gasteiger partial charge in [0.25, 0.3) is 0 Å². The molecular formula is C19H23F3N4O. The lowest BCUT2D eigenvalue weighted by molar-refractivity contribution is -0.137. The van der Waals surface area contributed by atoms with Crippen LogP contribution in [0.4, 0.5) is 19.0 Å². The molecule has 0 spiro atoms. The summed E-state index contributed by atoms with van der Waals surface area (Å²) >= 11 is 0. The Morgan fingerprint density at radius 1 is 1.19 bits per heavy atom. The number of hydrogen-bond acceptors (Lipinski definition) is 5. The molecule has 0 unspecified atom stereocenters. The fourth-order valence-electron chi connectivity index (χ4n) is 3.38. The van der Waals surface area contributed by atoms with Crippen LogP contribution in [0.15, 0.2) is 18.2 Å². The van der Waals surface area contributed by atoms with Gasteiger partial charge in [-0.2, -0.15) is 13.2 Å². The first kappa shape index (κ1) is 19.4. The van der Waals surface area contributed by atoms with Crippen LogP contribution < -0.4 is 5.32 Å². The summed E-state index contributed by atoms with van der Waals surface area (Å²) in [6.07, 6.45) is -2.35. The number of halogens is 3. The van der Waals surface area contributed by atoms with E-state index in [9.17, 15) is 18.3 Å². The standard InChI is InChI=1S/C19H23F3N4O/c1-11-12(2)18(23-14-5-4-8-26(3)10-14)25-24-17(11)15-7-6-13(9-16(15)27)19(20,21)22/h6-7,9,14,27H,4-5,8,10H2,1-3H3,(H,23,25)/t14-/m1/s1. The van der Waals surface area contributed by atoms with Gasteiger partial charge in [0.2, 0.25) is 0 Å². The van der Waals surface area contributed by atoms with Gasteiger partial charge >= 0.3 is 6.18 Å².